The zero-order chi connectivity index (χ0) is 15.7. The first kappa shape index (κ1) is 14.1. The van der Waals surface area contributed by atoms with Crippen molar-refractivity contribution >= 4 is 11.8 Å². The third-order valence-electron chi connectivity index (χ3n) is 3.80. The fourth-order valence-corrected chi connectivity index (χ4v) is 2.56. The molecule has 0 aliphatic carbocycles. The maximum atomic E-state index is 12.4. The van der Waals surface area contributed by atoms with Crippen molar-refractivity contribution in [2.24, 2.45) is 11.7 Å². The van der Waals surface area contributed by atoms with Crippen LogP contribution in [-0.4, -0.2) is 34.8 Å². The van der Waals surface area contributed by atoms with Crippen LogP contribution in [0.3, 0.4) is 0 Å². The second-order valence-corrected chi connectivity index (χ2v) is 5.23. The molecule has 0 bridgehead atoms. The topological polar surface area (TPSA) is 109 Å². The number of aromatic nitrogens is 1. The number of nitrogens with zero attached hydrogens (tertiary/aromatic N) is 1. The Balaban J connectivity index is 1.82. The number of likely N-dealkylation sites (tertiary alicyclic amines) is 1. The van der Waals surface area contributed by atoms with Crippen LogP contribution in [0.25, 0.3) is 11.5 Å². The van der Waals surface area contributed by atoms with E-state index in [9.17, 15) is 14.4 Å². The number of H-pyrrole nitrogens is 1. The molecule has 1 atom stereocenters. The lowest BCUT2D eigenvalue weighted by atomic mass is 10.1. The molecular weight excluding hydrogens is 286 g/mol. The van der Waals surface area contributed by atoms with E-state index >= 15 is 0 Å². The molecule has 2 amide bonds. The Morgan fingerprint density at radius 3 is 2.73 bits per heavy atom. The molecule has 0 aromatic carbocycles. The summed E-state index contributed by atoms with van der Waals surface area (Å²) in [6.45, 7) is 0.680. The highest BCUT2D eigenvalue weighted by Crippen LogP contribution is 2.19. The summed E-state index contributed by atoms with van der Waals surface area (Å²) in [6, 6.07) is 6.51. The van der Waals surface area contributed by atoms with Gasteiger partial charge in [-0.3, -0.25) is 14.4 Å². The normalized spacial score (nSPS) is 17.6. The number of carbonyl (C=O) groups is 2. The van der Waals surface area contributed by atoms with Crippen LogP contribution in [0.5, 0.6) is 0 Å². The van der Waals surface area contributed by atoms with Gasteiger partial charge >= 0.3 is 0 Å². The van der Waals surface area contributed by atoms with Gasteiger partial charge in [-0.1, -0.05) is 0 Å². The number of carbonyl (C=O) groups excluding carboxylic acids is 2. The summed E-state index contributed by atoms with van der Waals surface area (Å²) in [5.74, 6) is -0.634. The highest BCUT2D eigenvalue weighted by atomic mass is 16.3. The summed E-state index contributed by atoms with van der Waals surface area (Å²) < 4.78 is 5.20. The first-order valence-electron chi connectivity index (χ1n) is 6.92. The molecule has 0 saturated carbocycles. The Hall–Kier alpha value is -2.83. The SMILES string of the molecule is NC(=O)[C@H]1CCN(C(=O)c2ccc(-c3ccco3)[nH]c2=O)C1. The van der Waals surface area contributed by atoms with E-state index in [-0.39, 0.29) is 18.0 Å². The minimum absolute atomic E-state index is 0.0421. The second kappa shape index (κ2) is 5.51. The van der Waals surface area contributed by atoms with E-state index in [2.05, 4.69) is 4.98 Å². The zero-order valence-electron chi connectivity index (χ0n) is 11.7. The number of aromatic amines is 1. The number of amides is 2. The Bertz CT molecular complexity index is 763. The lowest BCUT2D eigenvalue weighted by molar-refractivity contribution is -0.121. The molecule has 1 aliphatic heterocycles. The predicted octanol–water partition coefficient (Wildman–Crippen LogP) is 0.582. The number of hydrogen-bond acceptors (Lipinski definition) is 4. The summed E-state index contributed by atoms with van der Waals surface area (Å²) in [7, 11) is 0. The number of rotatable bonds is 3. The van der Waals surface area contributed by atoms with Gasteiger partial charge in [0.15, 0.2) is 0 Å². The van der Waals surface area contributed by atoms with Crippen molar-refractivity contribution in [3.63, 3.8) is 0 Å². The van der Waals surface area contributed by atoms with Crippen LogP contribution in [0.1, 0.15) is 16.8 Å². The van der Waals surface area contributed by atoms with Gasteiger partial charge in [0.05, 0.1) is 17.9 Å². The fourth-order valence-electron chi connectivity index (χ4n) is 2.56. The molecule has 7 nitrogen and oxygen atoms in total. The number of nitrogens with one attached hydrogen (secondary N) is 1. The summed E-state index contributed by atoms with van der Waals surface area (Å²) in [6.07, 6.45) is 2.03. The maximum absolute atomic E-state index is 12.4. The van der Waals surface area contributed by atoms with Crippen LogP contribution in [0.4, 0.5) is 0 Å². The number of primary amides is 1. The highest BCUT2D eigenvalue weighted by Gasteiger charge is 2.31. The first-order valence-corrected chi connectivity index (χ1v) is 6.92. The summed E-state index contributed by atoms with van der Waals surface area (Å²) in [4.78, 5) is 39.7. The van der Waals surface area contributed by atoms with Crippen LogP contribution in [-0.2, 0) is 4.79 Å². The first-order chi connectivity index (χ1) is 10.6. The van der Waals surface area contributed by atoms with Crippen molar-refractivity contribution in [1.29, 1.82) is 0 Å². The standard InChI is InChI=1S/C15H15N3O4/c16-13(19)9-5-6-18(8-9)15(21)10-3-4-11(17-14(10)20)12-2-1-7-22-12/h1-4,7,9H,5-6,8H2,(H2,16,19)(H,17,20)/t9-/m0/s1. The fraction of sp³-hybridized carbons (Fsp3) is 0.267. The zero-order valence-corrected chi connectivity index (χ0v) is 11.7. The Morgan fingerprint density at radius 1 is 1.32 bits per heavy atom. The van der Waals surface area contributed by atoms with E-state index in [1.54, 1.807) is 18.2 Å². The van der Waals surface area contributed by atoms with Crippen LogP contribution >= 0.6 is 0 Å². The van der Waals surface area contributed by atoms with Crippen molar-refractivity contribution in [1.82, 2.24) is 9.88 Å². The van der Waals surface area contributed by atoms with Gasteiger partial charge in [-0.15, -0.1) is 0 Å². The molecule has 2 aromatic heterocycles. The predicted molar refractivity (Wildman–Crippen MR) is 78.0 cm³/mol. The van der Waals surface area contributed by atoms with Gasteiger partial charge < -0.3 is 20.0 Å². The molecule has 0 spiro atoms. The van der Waals surface area contributed by atoms with Crippen molar-refractivity contribution in [2.75, 3.05) is 13.1 Å². The van der Waals surface area contributed by atoms with E-state index in [0.717, 1.165) is 0 Å². The molecule has 22 heavy (non-hydrogen) atoms. The largest absolute Gasteiger partial charge is 0.463 e. The van der Waals surface area contributed by atoms with Gasteiger partial charge in [0.1, 0.15) is 11.3 Å². The van der Waals surface area contributed by atoms with E-state index in [4.69, 9.17) is 10.2 Å². The smallest absolute Gasteiger partial charge is 0.261 e. The molecule has 1 fully saturated rings. The second-order valence-electron chi connectivity index (χ2n) is 5.23. The molecule has 0 unspecified atom stereocenters. The average Bonchev–Trinajstić information content (AvgIpc) is 3.18. The van der Waals surface area contributed by atoms with Gasteiger partial charge in [-0.05, 0) is 30.7 Å². The van der Waals surface area contributed by atoms with Gasteiger partial charge in [-0.2, -0.15) is 0 Å². The van der Waals surface area contributed by atoms with Crippen molar-refractivity contribution in [3.8, 4) is 11.5 Å². The van der Waals surface area contributed by atoms with Gasteiger partial charge in [0.25, 0.3) is 11.5 Å². The molecule has 114 valence electrons. The summed E-state index contributed by atoms with van der Waals surface area (Å²) in [5, 5.41) is 0. The Labute approximate surface area is 125 Å². The third-order valence-corrected chi connectivity index (χ3v) is 3.80. The number of pyridine rings is 1. The molecule has 3 N–H and O–H groups in total. The maximum Gasteiger partial charge on any atom is 0.261 e. The van der Waals surface area contributed by atoms with Crippen LogP contribution < -0.4 is 11.3 Å². The Kier molecular flexibility index (Phi) is 3.54. The molecule has 1 saturated heterocycles. The third kappa shape index (κ3) is 2.52. The van der Waals surface area contributed by atoms with E-state index in [1.807, 2.05) is 0 Å². The van der Waals surface area contributed by atoms with Crippen molar-refractivity contribution in [3.05, 3.63) is 46.4 Å². The Morgan fingerprint density at radius 2 is 2.14 bits per heavy atom. The molecule has 3 rings (SSSR count). The van der Waals surface area contributed by atoms with Gasteiger partial charge in [-0.25, -0.2) is 0 Å². The van der Waals surface area contributed by atoms with Crippen LogP contribution in [0.15, 0.2) is 39.7 Å². The van der Waals surface area contributed by atoms with E-state index in [0.29, 0.717) is 24.4 Å². The van der Waals surface area contributed by atoms with Crippen LogP contribution in [0, 0.1) is 5.92 Å². The number of hydrogen-bond donors (Lipinski definition) is 2. The number of furan rings is 1. The van der Waals surface area contributed by atoms with Crippen molar-refractivity contribution in [2.45, 2.75) is 6.42 Å². The lowest BCUT2D eigenvalue weighted by Gasteiger charge is -2.15. The van der Waals surface area contributed by atoms with Crippen molar-refractivity contribution < 1.29 is 14.0 Å². The lowest BCUT2D eigenvalue weighted by Crippen LogP contribution is -2.34. The molecule has 2 aromatic rings. The summed E-state index contributed by atoms with van der Waals surface area (Å²) in [5.41, 5.74) is 5.31. The molecule has 1 aliphatic rings. The van der Waals surface area contributed by atoms with Crippen LogP contribution in [0.2, 0.25) is 0 Å². The van der Waals surface area contributed by atoms with Gasteiger partial charge in [0, 0.05) is 13.1 Å². The molecule has 0 radical (unpaired) electrons. The highest BCUT2D eigenvalue weighted by molar-refractivity contribution is 5.94. The monoisotopic (exact) mass is 301 g/mol. The van der Waals surface area contributed by atoms with E-state index < -0.39 is 17.4 Å². The van der Waals surface area contributed by atoms with Gasteiger partial charge in [0.2, 0.25) is 5.91 Å². The summed E-state index contributed by atoms with van der Waals surface area (Å²) >= 11 is 0. The minimum Gasteiger partial charge on any atom is -0.463 e. The quantitative estimate of drug-likeness (QED) is 0.864. The average molecular weight is 301 g/mol. The number of nitrogens with two attached hydrogens (primary N) is 1. The minimum atomic E-state index is -0.485. The molecule has 7 heteroatoms. The molecule has 3 heterocycles. The van der Waals surface area contributed by atoms with E-state index in [1.165, 1.54) is 17.2 Å². The molecular formula is C15H15N3O4.